The highest BCUT2D eigenvalue weighted by atomic mass is 16.5. The fraction of sp³-hybridized carbons (Fsp3) is 0.391. The van der Waals surface area contributed by atoms with E-state index in [0.717, 1.165) is 28.9 Å². The molecule has 0 aliphatic carbocycles. The molecule has 2 aliphatic heterocycles. The van der Waals surface area contributed by atoms with E-state index in [1.54, 1.807) is 0 Å². The Labute approximate surface area is 160 Å². The summed E-state index contributed by atoms with van der Waals surface area (Å²) in [7, 11) is 0. The van der Waals surface area contributed by atoms with Crippen LogP contribution < -0.4 is 4.74 Å². The van der Waals surface area contributed by atoms with E-state index < -0.39 is 0 Å². The zero-order valence-electron chi connectivity index (χ0n) is 16.4. The van der Waals surface area contributed by atoms with Crippen molar-refractivity contribution >= 4 is 11.9 Å². The van der Waals surface area contributed by atoms with Gasteiger partial charge in [-0.05, 0) is 41.5 Å². The maximum absolute atomic E-state index is 11.3. The van der Waals surface area contributed by atoms with Gasteiger partial charge in [-0.1, -0.05) is 52.0 Å². The van der Waals surface area contributed by atoms with Crippen molar-refractivity contribution in [3.63, 3.8) is 0 Å². The van der Waals surface area contributed by atoms with Crippen molar-refractivity contribution in [2.75, 3.05) is 0 Å². The molecule has 4 heteroatoms. The second-order valence-corrected chi connectivity index (χ2v) is 7.47. The van der Waals surface area contributed by atoms with E-state index in [1.165, 1.54) is 11.1 Å². The third-order valence-electron chi connectivity index (χ3n) is 5.21. The Bertz CT molecular complexity index is 867. The minimum absolute atomic E-state index is 0.143. The molecule has 0 spiro atoms. The smallest absolute Gasteiger partial charge is 0.338 e. The lowest BCUT2D eigenvalue weighted by Crippen LogP contribution is -2.00. The van der Waals surface area contributed by atoms with Crippen LogP contribution in [0, 0.1) is 0 Å². The van der Waals surface area contributed by atoms with Crippen LogP contribution in [-0.4, -0.2) is 11.9 Å². The molecule has 0 saturated heterocycles. The SMILES string of the molecule is CC(C)c1ccc2c(c1)OC(=O)C2.CCC(C)c1ccc2c(c1)C(=O)OC2. The zero-order chi connectivity index (χ0) is 19.6. The molecule has 0 N–H and O–H groups in total. The van der Waals surface area contributed by atoms with Gasteiger partial charge in [0, 0.05) is 11.1 Å². The van der Waals surface area contributed by atoms with E-state index in [9.17, 15) is 9.59 Å². The van der Waals surface area contributed by atoms with Crippen molar-refractivity contribution in [2.24, 2.45) is 0 Å². The first-order chi connectivity index (χ1) is 12.9. The van der Waals surface area contributed by atoms with E-state index in [-0.39, 0.29) is 11.9 Å². The molecule has 27 heavy (non-hydrogen) atoms. The van der Waals surface area contributed by atoms with Gasteiger partial charge in [-0.25, -0.2) is 4.79 Å². The molecule has 0 amide bonds. The summed E-state index contributed by atoms with van der Waals surface area (Å²) in [5.74, 6) is 1.41. The summed E-state index contributed by atoms with van der Waals surface area (Å²) in [4.78, 5) is 22.3. The Hall–Kier alpha value is -2.62. The molecule has 0 bridgehead atoms. The highest BCUT2D eigenvalue weighted by Gasteiger charge is 2.22. The van der Waals surface area contributed by atoms with Crippen LogP contribution in [0.3, 0.4) is 0 Å². The van der Waals surface area contributed by atoms with Gasteiger partial charge < -0.3 is 9.47 Å². The molecule has 1 unspecified atom stereocenters. The molecule has 0 saturated carbocycles. The summed E-state index contributed by atoms with van der Waals surface area (Å²) in [6, 6.07) is 12.1. The molecule has 2 aromatic carbocycles. The lowest BCUT2D eigenvalue weighted by Gasteiger charge is -2.09. The Morgan fingerprint density at radius 3 is 2.37 bits per heavy atom. The standard InChI is InChI=1S/C12H14O2.C11H12O2/c1-3-8(2)9-4-5-10-7-14-12(13)11(10)6-9;1-7(2)8-3-4-9-6-11(12)13-10(9)5-8/h4-6,8H,3,7H2,1-2H3;3-5,7H,6H2,1-2H3. The fourth-order valence-corrected chi connectivity index (χ4v) is 3.16. The third-order valence-corrected chi connectivity index (χ3v) is 5.21. The number of cyclic esters (lactones) is 1. The molecular weight excluding hydrogens is 340 g/mol. The molecule has 1 atom stereocenters. The average Bonchev–Trinajstić information content (AvgIpc) is 3.22. The minimum Gasteiger partial charge on any atom is -0.457 e. The summed E-state index contributed by atoms with van der Waals surface area (Å²) in [6.45, 7) is 9.00. The molecule has 4 rings (SSSR count). The van der Waals surface area contributed by atoms with Gasteiger partial charge in [0.15, 0.2) is 0 Å². The van der Waals surface area contributed by atoms with Crippen LogP contribution in [0.5, 0.6) is 5.75 Å². The van der Waals surface area contributed by atoms with Crippen molar-refractivity contribution in [1.82, 2.24) is 0 Å². The third kappa shape index (κ3) is 4.21. The number of rotatable bonds is 3. The van der Waals surface area contributed by atoms with Gasteiger partial charge in [-0.3, -0.25) is 4.79 Å². The van der Waals surface area contributed by atoms with Crippen molar-refractivity contribution < 1.29 is 19.1 Å². The van der Waals surface area contributed by atoms with E-state index in [4.69, 9.17) is 9.47 Å². The fourth-order valence-electron chi connectivity index (χ4n) is 3.16. The summed E-state index contributed by atoms with van der Waals surface area (Å²) >= 11 is 0. The van der Waals surface area contributed by atoms with Crippen LogP contribution in [0.1, 0.15) is 78.6 Å². The lowest BCUT2D eigenvalue weighted by molar-refractivity contribution is -0.131. The Morgan fingerprint density at radius 2 is 1.67 bits per heavy atom. The number of fused-ring (bicyclic) bond motifs is 2. The quantitative estimate of drug-likeness (QED) is 0.557. The van der Waals surface area contributed by atoms with Crippen molar-refractivity contribution in [3.05, 3.63) is 64.2 Å². The van der Waals surface area contributed by atoms with Crippen LogP contribution in [-0.2, 0) is 22.6 Å². The zero-order valence-corrected chi connectivity index (χ0v) is 16.4. The highest BCUT2D eigenvalue weighted by molar-refractivity contribution is 5.93. The summed E-state index contributed by atoms with van der Waals surface area (Å²) in [5, 5.41) is 0. The molecule has 0 radical (unpaired) electrons. The maximum Gasteiger partial charge on any atom is 0.338 e. The Balaban J connectivity index is 0.000000156. The topological polar surface area (TPSA) is 52.6 Å². The van der Waals surface area contributed by atoms with E-state index >= 15 is 0 Å². The molecule has 0 aromatic heterocycles. The number of carbonyl (C=O) groups excluding carboxylic acids is 2. The average molecular weight is 366 g/mol. The number of benzene rings is 2. The van der Waals surface area contributed by atoms with E-state index in [1.807, 2.05) is 24.3 Å². The number of hydrogen-bond donors (Lipinski definition) is 0. The van der Waals surface area contributed by atoms with Crippen LogP contribution in [0.4, 0.5) is 0 Å². The largest absolute Gasteiger partial charge is 0.457 e. The molecule has 2 aromatic rings. The summed E-state index contributed by atoms with van der Waals surface area (Å²) in [6.07, 6.45) is 1.52. The van der Waals surface area contributed by atoms with Gasteiger partial charge >= 0.3 is 11.9 Å². The number of hydrogen-bond acceptors (Lipinski definition) is 4. The van der Waals surface area contributed by atoms with Crippen LogP contribution >= 0.6 is 0 Å². The Morgan fingerprint density at radius 1 is 0.963 bits per heavy atom. The van der Waals surface area contributed by atoms with Crippen LogP contribution in [0.2, 0.25) is 0 Å². The molecule has 4 nitrogen and oxygen atoms in total. The lowest BCUT2D eigenvalue weighted by atomic mass is 9.95. The normalized spacial score (nSPS) is 15.4. The first kappa shape index (κ1) is 19.2. The van der Waals surface area contributed by atoms with Crippen molar-refractivity contribution in [1.29, 1.82) is 0 Å². The predicted molar refractivity (Wildman–Crippen MR) is 104 cm³/mol. The van der Waals surface area contributed by atoms with Crippen LogP contribution in [0.15, 0.2) is 36.4 Å². The monoisotopic (exact) mass is 366 g/mol. The predicted octanol–water partition coefficient (Wildman–Crippen LogP) is 5.14. The van der Waals surface area contributed by atoms with Gasteiger partial charge in [0.2, 0.25) is 0 Å². The number of esters is 2. The van der Waals surface area contributed by atoms with Crippen molar-refractivity contribution in [3.8, 4) is 5.75 Å². The Kier molecular flexibility index (Phi) is 5.64. The van der Waals surface area contributed by atoms with Crippen molar-refractivity contribution in [2.45, 2.75) is 59.0 Å². The van der Waals surface area contributed by atoms with E-state index in [0.29, 0.717) is 24.9 Å². The van der Waals surface area contributed by atoms with Gasteiger partial charge in [0.25, 0.3) is 0 Å². The molecular formula is C23H26O4. The second kappa shape index (κ2) is 7.95. The van der Waals surface area contributed by atoms with Gasteiger partial charge in [-0.2, -0.15) is 0 Å². The van der Waals surface area contributed by atoms with E-state index in [2.05, 4.69) is 39.8 Å². The second-order valence-electron chi connectivity index (χ2n) is 7.47. The summed E-state index contributed by atoms with van der Waals surface area (Å²) < 4.78 is 10.0. The molecule has 2 heterocycles. The number of carbonyl (C=O) groups is 2. The minimum atomic E-state index is -0.176. The summed E-state index contributed by atoms with van der Waals surface area (Å²) in [5.41, 5.74) is 5.22. The first-order valence-electron chi connectivity index (χ1n) is 9.52. The first-order valence-corrected chi connectivity index (χ1v) is 9.52. The van der Waals surface area contributed by atoms with Gasteiger partial charge in [-0.15, -0.1) is 0 Å². The van der Waals surface area contributed by atoms with Crippen LogP contribution in [0.25, 0.3) is 0 Å². The van der Waals surface area contributed by atoms with Gasteiger partial charge in [0.05, 0.1) is 12.0 Å². The van der Waals surface area contributed by atoms with Gasteiger partial charge in [0.1, 0.15) is 12.4 Å². The number of ether oxygens (including phenoxy) is 2. The molecule has 142 valence electrons. The molecule has 2 aliphatic rings. The molecule has 0 fully saturated rings. The maximum atomic E-state index is 11.3. The highest BCUT2D eigenvalue weighted by Crippen LogP contribution is 2.29.